The Morgan fingerprint density at radius 2 is 1.87 bits per heavy atom. The standard InChI is InChI=1S/C27H35N5O6S/c1-17-7-5-6-8-20(17)29-27(37)30-21-10-9-19(13-23(21)38-4)14-24(34)31(3)16-25-32(11-12-39-25)15-22(26(35)36)28-18(2)33/h5-10,13,22,25H,11-12,14-16H2,1-4H3,(H,28,33)(H,35,36)(H2,29,30,37). The summed E-state index contributed by atoms with van der Waals surface area (Å²) in [7, 11) is 3.21. The van der Waals surface area contributed by atoms with Crippen molar-refractivity contribution in [1.29, 1.82) is 0 Å². The highest BCUT2D eigenvalue weighted by molar-refractivity contribution is 8.00. The van der Waals surface area contributed by atoms with E-state index in [1.165, 1.54) is 14.0 Å². The van der Waals surface area contributed by atoms with Crippen LogP contribution < -0.4 is 20.7 Å². The predicted molar refractivity (Wildman–Crippen MR) is 151 cm³/mol. The van der Waals surface area contributed by atoms with Gasteiger partial charge in [-0.2, -0.15) is 0 Å². The van der Waals surface area contributed by atoms with Crippen molar-refractivity contribution >= 4 is 47.0 Å². The third kappa shape index (κ3) is 8.62. The lowest BCUT2D eigenvalue weighted by molar-refractivity contribution is -0.142. The molecule has 11 nitrogen and oxygen atoms in total. The Balaban J connectivity index is 1.58. The van der Waals surface area contributed by atoms with Crippen LogP contribution in [0.1, 0.15) is 18.1 Å². The van der Waals surface area contributed by atoms with E-state index in [4.69, 9.17) is 4.74 Å². The first-order valence-corrected chi connectivity index (χ1v) is 13.5. The minimum Gasteiger partial charge on any atom is -0.495 e. The molecular weight excluding hydrogens is 522 g/mol. The Labute approximate surface area is 232 Å². The van der Waals surface area contributed by atoms with Crippen molar-refractivity contribution in [3.63, 3.8) is 0 Å². The van der Waals surface area contributed by atoms with Crippen molar-refractivity contribution in [2.24, 2.45) is 0 Å². The smallest absolute Gasteiger partial charge is 0.327 e. The number of rotatable bonds is 11. The number of thioether (sulfide) groups is 1. The van der Waals surface area contributed by atoms with Gasteiger partial charge in [0.1, 0.15) is 11.8 Å². The molecule has 0 aliphatic carbocycles. The SMILES string of the molecule is COc1cc(CC(=O)N(C)CC2SCCN2CC(NC(C)=O)C(=O)O)ccc1NC(=O)Nc1ccccc1C. The van der Waals surface area contributed by atoms with Gasteiger partial charge in [0, 0.05) is 45.0 Å². The minimum absolute atomic E-state index is 0.0811. The third-order valence-electron chi connectivity index (χ3n) is 6.31. The van der Waals surface area contributed by atoms with Gasteiger partial charge in [0.15, 0.2) is 0 Å². The molecule has 12 heteroatoms. The van der Waals surface area contributed by atoms with Crippen molar-refractivity contribution in [2.75, 3.05) is 50.2 Å². The number of anilines is 2. The number of ether oxygens (including phenoxy) is 1. The summed E-state index contributed by atoms with van der Waals surface area (Å²) in [5.41, 5.74) is 2.83. The van der Waals surface area contributed by atoms with E-state index in [1.807, 2.05) is 36.1 Å². The molecule has 4 amide bonds. The number of carboxylic acids is 1. The second-order valence-electron chi connectivity index (χ2n) is 9.29. The zero-order chi connectivity index (χ0) is 28.5. The molecule has 1 heterocycles. The van der Waals surface area contributed by atoms with Crippen molar-refractivity contribution in [3.8, 4) is 5.75 Å². The maximum Gasteiger partial charge on any atom is 0.327 e. The summed E-state index contributed by atoms with van der Waals surface area (Å²) in [4.78, 5) is 52.0. The lowest BCUT2D eigenvalue weighted by Gasteiger charge is -2.30. The van der Waals surface area contributed by atoms with Gasteiger partial charge in [-0.25, -0.2) is 9.59 Å². The number of carbonyl (C=O) groups is 4. The summed E-state index contributed by atoms with van der Waals surface area (Å²) in [6.45, 7) is 4.43. The molecule has 1 aliphatic heterocycles. The zero-order valence-corrected chi connectivity index (χ0v) is 23.3. The Morgan fingerprint density at radius 1 is 1.15 bits per heavy atom. The minimum atomic E-state index is -1.09. The van der Waals surface area contributed by atoms with Crippen LogP contribution >= 0.6 is 11.8 Å². The van der Waals surface area contributed by atoms with Crippen LogP contribution in [0.2, 0.25) is 0 Å². The normalized spacial score (nSPS) is 15.7. The molecular formula is C27H35N5O6S. The lowest BCUT2D eigenvalue weighted by Crippen LogP contribution is -2.50. The molecule has 2 unspecified atom stereocenters. The number of benzene rings is 2. The van der Waals surface area contributed by atoms with Crippen molar-refractivity contribution < 1.29 is 29.0 Å². The van der Waals surface area contributed by atoms with Gasteiger partial charge in [-0.15, -0.1) is 11.8 Å². The second-order valence-corrected chi connectivity index (χ2v) is 10.6. The fourth-order valence-corrected chi connectivity index (χ4v) is 5.52. The summed E-state index contributed by atoms with van der Waals surface area (Å²) in [6, 6.07) is 11.2. The number of hydrogen-bond donors (Lipinski definition) is 4. The number of nitrogens with one attached hydrogen (secondary N) is 3. The first kappa shape index (κ1) is 29.8. The number of aliphatic carboxylic acids is 1. The first-order valence-electron chi connectivity index (χ1n) is 12.5. The number of urea groups is 1. The molecule has 0 aromatic heterocycles. The Morgan fingerprint density at radius 3 is 2.54 bits per heavy atom. The largest absolute Gasteiger partial charge is 0.495 e. The molecule has 0 radical (unpaired) electrons. The van der Waals surface area contributed by atoms with Crippen LogP contribution in [0.15, 0.2) is 42.5 Å². The number of para-hydroxylation sites is 1. The average Bonchev–Trinajstić information content (AvgIpc) is 3.31. The number of likely N-dealkylation sites (N-methyl/N-ethyl adjacent to an activating group) is 1. The second kappa shape index (κ2) is 13.9. The Kier molecular flexibility index (Phi) is 10.6. The molecule has 210 valence electrons. The van der Waals surface area contributed by atoms with Gasteiger partial charge >= 0.3 is 12.0 Å². The summed E-state index contributed by atoms with van der Waals surface area (Å²) < 4.78 is 5.45. The summed E-state index contributed by atoms with van der Waals surface area (Å²) in [5.74, 6) is -0.369. The number of amides is 4. The molecule has 0 saturated carbocycles. The predicted octanol–water partition coefficient (Wildman–Crippen LogP) is 2.61. The van der Waals surface area contributed by atoms with Crippen LogP contribution in [0.3, 0.4) is 0 Å². The molecule has 0 bridgehead atoms. The van der Waals surface area contributed by atoms with Crippen molar-refractivity contribution in [1.82, 2.24) is 15.1 Å². The summed E-state index contributed by atoms with van der Waals surface area (Å²) in [5, 5.41) is 17.4. The molecule has 2 aromatic rings. The molecule has 2 aromatic carbocycles. The molecule has 1 saturated heterocycles. The van der Waals surface area contributed by atoms with Gasteiger partial charge < -0.3 is 30.7 Å². The maximum absolute atomic E-state index is 13.0. The number of methoxy groups -OCH3 is 1. The topological polar surface area (TPSA) is 140 Å². The molecule has 0 spiro atoms. The van der Waals surface area contributed by atoms with E-state index in [0.717, 1.165) is 16.9 Å². The lowest BCUT2D eigenvalue weighted by atomic mass is 10.1. The quantitative estimate of drug-likeness (QED) is 0.331. The highest BCUT2D eigenvalue weighted by Crippen LogP contribution is 2.27. The van der Waals surface area contributed by atoms with Crippen molar-refractivity contribution in [3.05, 3.63) is 53.6 Å². The van der Waals surface area contributed by atoms with E-state index >= 15 is 0 Å². The molecule has 1 aliphatic rings. The maximum atomic E-state index is 13.0. The van der Waals surface area contributed by atoms with Crippen LogP contribution in [-0.4, -0.2) is 89.7 Å². The fraction of sp³-hybridized carbons (Fsp3) is 0.407. The van der Waals surface area contributed by atoms with Crippen LogP contribution in [0.4, 0.5) is 16.2 Å². The molecule has 2 atom stereocenters. The number of hydrogen-bond acceptors (Lipinski definition) is 7. The molecule has 4 N–H and O–H groups in total. The number of carboxylic acid groups (broad SMARTS) is 1. The van der Waals surface area contributed by atoms with Crippen LogP contribution in [0, 0.1) is 6.92 Å². The number of carbonyl (C=O) groups excluding carboxylic acids is 3. The third-order valence-corrected chi connectivity index (χ3v) is 7.56. The van der Waals surface area contributed by atoms with E-state index in [-0.39, 0.29) is 24.2 Å². The zero-order valence-electron chi connectivity index (χ0n) is 22.5. The van der Waals surface area contributed by atoms with Crippen LogP contribution in [0.5, 0.6) is 5.75 Å². The summed E-state index contributed by atoms with van der Waals surface area (Å²) >= 11 is 1.65. The van der Waals surface area contributed by atoms with Gasteiger partial charge in [0.25, 0.3) is 0 Å². The van der Waals surface area contributed by atoms with E-state index in [2.05, 4.69) is 16.0 Å². The molecule has 39 heavy (non-hydrogen) atoms. The number of nitrogens with zero attached hydrogens (tertiary/aromatic N) is 2. The van der Waals surface area contributed by atoms with Gasteiger partial charge in [-0.05, 0) is 36.2 Å². The average molecular weight is 558 g/mol. The van der Waals surface area contributed by atoms with E-state index in [9.17, 15) is 24.3 Å². The van der Waals surface area contributed by atoms with Gasteiger partial charge in [0.05, 0.1) is 24.6 Å². The fourth-order valence-electron chi connectivity index (χ4n) is 4.18. The van der Waals surface area contributed by atoms with Gasteiger partial charge in [-0.1, -0.05) is 24.3 Å². The number of aryl methyl sites for hydroxylation is 1. The molecule has 3 rings (SSSR count). The Bertz CT molecular complexity index is 1210. The highest BCUT2D eigenvalue weighted by Gasteiger charge is 2.32. The van der Waals surface area contributed by atoms with Crippen molar-refractivity contribution in [2.45, 2.75) is 31.7 Å². The van der Waals surface area contributed by atoms with Gasteiger partial charge in [0.2, 0.25) is 11.8 Å². The van der Waals surface area contributed by atoms with E-state index < -0.39 is 23.9 Å². The van der Waals surface area contributed by atoms with Gasteiger partial charge in [-0.3, -0.25) is 14.5 Å². The monoisotopic (exact) mass is 557 g/mol. The first-order chi connectivity index (χ1) is 18.6. The van der Waals surface area contributed by atoms with Crippen LogP contribution in [-0.2, 0) is 20.8 Å². The Hall–Kier alpha value is -3.77. The highest BCUT2D eigenvalue weighted by atomic mass is 32.2. The summed E-state index contributed by atoms with van der Waals surface area (Å²) in [6.07, 6.45) is 0.129. The molecule has 1 fully saturated rings. The van der Waals surface area contributed by atoms with E-state index in [0.29, 0.717) is 30.2 Å². The van der Waals surface area contributed by atoms with E-state index in [1.54, 1.807) is 41.9 Å². The van der Waals surface area contributed by atoms with Crippen LogP contribution in [0.25, 0.3) is 0 Å².